The van der Waals surface area contributed by atoms with Gasteiger partial charge < -0.3 is 9.52 Å². The third kappa shape index (κ3) is 4.26. The molecule has 0 saturated heterocycles. The third-order valence-electron chi connectivity index (χ3n) is 8.52. The van der Waals surface area contributed by atoms with Crippen LogP contribution >= 0.6 is 0 Å². The minimum atomic E-state index is -0.326. The Hall–Kier alpha value is -3.96. The van der Waals surface area contributed by atoms with Gasteiger partial charge in [-0.25, -0.2) is 0 Å². The number of rotatable bonds is 7. The average Bonchev–Trinajstić information content (AvgIpc) is 2.95. The Balaban J connectivity index is 1.69. The van der Waals surface area contributed by atoms with Crippen LogP contribution in [0.25, 0.3) is 54.6 Å². The van der Waals surface area contributed by atoms with Crippen LogP contribution in [-0.2, 0) is 6.54 Å². The lowest BCUT2D eigenvalue weighted by molar-refractivity contribution is 0.278. The highest BCUT2D eigenvalue weighted by molar-refractivity contribution is 6.26. The van der Waals surface area contributed by atoms with Crippen molar-refractivity contribution in [3.8, 4) is 11.1 Å². The fraction of sp³-hybridized carbons (Fsp3) is 0.333. The lowest BCUT2D eigenvalue weighted by atomic mass is 9.81. The van der Waals surface area contributed by atoms with Crippen LogP contribution in [0.1, 0.15) is 82.4 Å². The monoisotopic (exact) mass is 547 g/mol. The number of hydrogen-bond acceptors (Lipinski definition) is 4. The first-order valence-electron chi connectivity index (χ1n) is 14.7. The molecule has 0 radical (unpaired) electrons. The SMILES string of the molecule is CC(C)c1cc(C(C)C)c(-c2ccc3oc4ccc5c(=O)n(CCCO)c(=O)c6ccc(c3c2)c4c56)c(C(C)C)c1. The first-order valence-corrected chi connectivity index (χ1v) is 14.7. The minimum absolute atomic E-state index is 0.0819. The Labute approximate surface area is 239 Å². The molecule has 5 heteroatoms. The van der Waals surface area contributed by atoms with Crippen LogP contribution in [0.5, 0.6) is 0 Å². The largest absolute Gasteiger partial charge is 0.456 e. The maximum absolute atomic E-state index is 13.4. The molecule has 0 amide bonds. The van der Waals surface area contributed by atoms with Gasteiger partial charge >= 0.3 is 0 Å². The molecular weight excluding hydrogens is 510 g/mol. The predicted octanol–water partition coefficient (Wildman–Crippen LogP) is 8.27. The van der Waals surface area contributed by atoms with Crippen molar-refractivity contribution in [2.75, 3.05) is 6.61 Å². The molecule has 5 nitrogen and oxygen atoms in total. The summed E-state index contributed by atoms with van der Waals surface area (Å²) in [6.07, 6.45) is 0.347. The summed E-state index contributed by atoms with van der Waals surface area (Å²) in [6, 6.07) is 18.6. The molecule has 1 N–H and O–H groups in total. The highest BCUT2D eigenvalue weighted by Crippen LogP contribution is 2.42. The number of aromatic nitrogens is 1. The van der Waals surface area contributed by atoms with E-state index in [1.165, 1.54) is 26.8 Å². The Morgan fingerprint density at radius 2 is 1.27 bits per heavy atom. The normalized spacial score (nSPS) is 12.4. The Bertz CT molecular complexity index is 2000. The molecule has 6 aromatic rings. The number of hydrogen-bond donors (Lipinski definition) is 1. The quantitative estimate of drug-likeness (QED) is 0.161. The van der Waals surface area contributed by atoms with E-state index in [4.69, 9.17) is 4.42 Å². The maximum atomic E-state index is 13.4. The van der Waals surface area contributed by atoms with Crippen LogP contribution in [0.4, 0.5) is 0 Å². The molecule has 0 aliphatic rings. The third-order valence-corrected chi connectivity index (χ3v) is 8.52. The van der Waals surface area contributed by atoms with E-state index in [1.54, 1.807) is 6.07 Å². The summed E-state index contributed by atoms with van der Waals surface area (Å²) in [5.41, 5.74) is 7.22. The van der Waals surface area contributed by atoms with Crippen molar-refractivity contribution in [3.63, 3.8) is 0 Å². The molecule has 0 atom stereocenters. The van der Waals surface area contributed by atoms with Gasteiger partial charge in [0.25, 0.3) is 11.1 Å². The molecule has 2 aromatic heterocycles. The van der Waals surface area contributed by atoms with Gasteiger partial charge in [0, 0.05) is 40.1 Å². The first-order chi connectivity index (χ1) is 19.6. The molecule has 0 aliphatic carbocycles. The summed E-state index contributed by atoms with van der Waals surface area (Å²) in [4.78, 5) is 26.8. The molecule has 0 fully saturated rings. The molecule has 0 bridgehead atoms. The van der Waals surface area contributed by atoms with E-state index in [0.29, 0.717) is 45.9 Å². The second kappa shape index (κ2) is 10.1. The molecule has 210 valence electrons. The summed E-state index contributed by atoms with van der Waals surface area (Å²) in [7, 11) is 0. The number of aliphatic hydroxyl groups excluding tert-OH is 1. The van der Waals surface area contributed by atoms with Crippen molar-refractivity contribution < 1.29 is 9.52 Å². The molecule has 0 saturated carbocycles. The van der Waals surface area contributed by atoms with Gasteiger partial charge in [0.15, 0.2) is 0 Å². The Morgan fingerprint density at radius 1 is 0.683 bits per heavy atom. The van der Waals surface area contributed by atoms with Crippen LogP contribution in [0.2, 0.25) is 0 Å². The molecule has 41 heavy (non-hydrogen) atoms. The number of nitrogens with zero attached hydrogens (tertiary/aromatic N) is 1. The molecule has 4 aromatic carbocycles. The average molecular weight is 548 g/mol. The van der Waals surface area contributed by atoms with E-state index in [0.717, 1.165) is 27.3 Å². The fourth-order valence-corrected chi connectivity index (χ4v) is 6.34. The summed E-state index contributed by atoms with van der Waals surface area (Å²) >= 11 is 0. The van der Waals surface area contributed by atoms with Gasteiger partial charge in [0.1, 0.15) is 11.2 Å². The zero-order valence-electron chi connectivity index (χ0n) is 24.7. The van der Waals surface area contributed by atoms with Crippen LogP contribution in [0, 0.1) is 0 Å². The highest BCUT2D eigenvalue weighted by Gasteiger charge is 2.22. The second-order valence-corrected chi connectivity index (χ2v) is 12.2. The van der Waals surface area contributed by atoms with Gasteiger partial charge in [-0.05, 0) is 87.7 Å². The summed E-state index contributed by atoms with van der Waals surface area (Å²) < 4.78 is 7.66. The Kier molecular flexibility index (Phi) is 6.74. The zero-order chi connectivity index (χ0) is 29.2. The van der Waals surface area contributed by atoms with Crippen molar-refractivity contribution in [2.24, 2.45) is 0 Å². The van der Waals surface area contributed by atoms with Gasteiger partial charge in [0.05, 0.1) is 0 Å². The van der Waals surface area contributed by atoms with E-state index in [2.05, 4.69) is 65.8 Å². The van der Waals surface area contributed by atoms with Crippen molar-refractivity contribution in [3.05, 3.63) is 92.0 Å². The van der Waals surface area contributed by atoms with Crippen LogP contribution in [-0.4, -0.2) is 16.3 Å². The number of aliphatic hydroxyl groups is 1. The molecule has 2 heterocycles. The predicted molar refractivity (Wildman–Crippen MR) is 170 cm³/mol. The van der Waals surface area contributed by atoms with Gasteiger partial charge in [-0.15, -0.1) is 0 Å². The van der Waals surface area contributed by atoms with E-state index in [-0.39, 0.29) is 24.3 Å². The van der Waals surface area contributed by atoms with Crippen LogP contribution < -0.4 is 11.1 Å². The maximum Gasteiger partial charge on any atom is 0.261 e. The highest BCUT2D eigenvalue weighted by atomic mass is 16.3. The van der Waals surface area contributed by atoms with Gasteiger partial charge in [-0.2, -0.15) is 0 Å². The smallest absolute Gasteiger partial charge is 0.261 e. The number of pyridine rings is 1. The molecule has 0 spiro atoms. The second-order valence-electron chi connectivity index (χ2n) is 12.2. The van der Waals surface area contributed by atoms with E-state index in [1.807, 2.05) is 24.3 Å². The van der Waals surface area contributed by atoms with E-state index >= 15 is 0 Å². The fourth-order valence-electron chi connectivity index (χ4n) is 6.34. The number of fused-ring (bicyclic) bond motifs is 2. The van der Waals surface area contributed by atoms with Crippen molar-refractivity contribution >= 4 is 43.5 Å². The molecule has 0 unspecified atom stereocenters. The molecule has 6 rings (SSSR count). The van der Waals surface area contributed by atoms with Gasteiger partial charge in [-0.1, -0.05) is 65.8 Å². The summed E-state index contributed by atoms with van der Waals surface area (Å²) in [6.45, 7) is 13.6. The first kappa shape index (κ1) is 27.2. The summed E-state index contributed by atoms with van der Waals surface area (Å²) in [5, 5.41) is 13.7. The van der Waals surface area contributed by atoms with Crippen molar-refractivity contribution in [1.29, 1.82) is 0 Å². The van der Waals surface area contributed by atoms with Crippen molar-refractivity contribution in [2.45, 2.75) is 72.3 Å². The summed E-state index contributed by atoms with van der Waals surface area (Å²) in [5.74, 6) is 1.15. The van der Waals surface area contributed by atoms with Crippen molar-refractivity contribution in [1.82, 2.24) is 4.57 Å². The number of benzene rings is 4. The molecular formula is C36H37NO4. The minimum Gasteiger partial charge on any atom is -0.456 e. The van der Waals surface area contributed by atoms with E-state index in [9.17, 15) is 14.7 Å². The van der Waals surface area contributed by atoms with Gasteiger partial charge in [-0.3, -0.25) is 14.2 Å². The lowest BCUT2D eigenvalue weighted by Gasteiger charge is -2.23. The molecule has 0 aliphatic heterocycles. The zero-order valence-corrected chi connectivity index (χ0v) is 24.7. The lowest BCUT2D eigenvalue weighted by Crippen LogP contribution is -2.33. The topological polar surface area (TPSA) is 72.4 Å². The standard InChI is InChI=1S/C36H37NO4/c1-19(2)23-17-27(20(3)4)32(28(18-23)21(5)6)22-8-12-30-29(16-22)24-9-10-25-33-26(11-13-31(41-30)34(24)33)36(40)37(35(25)39)14-7-15-38/h8-13,16-21,38H,7,14-15H2,1-6H3. The van der Waals surface area contributed by atoms with Gasteiger partial charge in [0.2, 0.25) is 0 Å². The Morgan fingerprint density at radius 3 is 1.85 bits per heavy atom. The van der Waals surface area contributed by atoms with E-state index < -0.39 is 0 Å². The van der Waals surface area contributed by atoms with Crippen LogP contribution in [0.15, 0.2) is 68.6 Å². The van der Waals surface area contributed by atoms with Crippen LogP contribution in [0.3, 0.4) is 0 Å².